The van der Waals surface area contributed by atoms with Gasteiger partial charge in [-0.15, -0.1) is 0 Å². The lowest BCUT2D eigenvalue weighted by molar-refractivity contribution is 0.924. The molecule has 0 fully saturated rings. The SMILES string of the molecule is CSCCCc1cn[nH]c1C. The number of hydrogen-bond acceptors (Lipinski definition) is 2. The Morgan fingerprint density at radius 2 is 2.45 bits per heavy atom. The highest BCUT2D eigenvalue weighted by molar-refractivity contribution is 7.98. The Kier molecular flexibility index (Phi) is 3.49. The fourth-order valence-electron chi connectivity index (χ4n) is 1.03. The Hall–Kier alpha value is -0.440. The number of rotatable bonds is 4. The number of H-pyrrole nitrogens is 1. The molecule has 0 aliphatic carbocycles. The van der Waals surface area contributed by atoms with E-state index in [0.29, 0.717) is 0 Å². The third-order valence-electron chi connectivity index (χ3n) is 1.73. The number of aromatic amines is 1. The minimum atomic E-state index is 1.16. The topological polar surface area (TPSA) is 28.7 Å². The molecule has 0 spiro atoms. The van der Waals surface area contributed by atoms with Crippen molar-refractivity contribution in [3.63, 3.8) is 0 Å². The number of aromatic nitrogens is 2. The zero-order chi connectivity index (χ0) is 8.10. The zero-order valence-electron chi connectivity index (χ0n) is 7.05. The minimum Gasteiger partial charge on any atom is -0.283 e. The summed E-state index contributed by atoms with van der Waals surface area (Å²) in [5, 5.41) is 6.91. The molecule has 0 radical (unpaired) electrons. The van der Waals surface area contributed by atoms with E-state index >= 15 is 0 Å². The number of nitrogens with one attached hydrogen (secondary N) is 1. The van der Waals surface area contributed by atoms with Gasteiger partial charge in [0.25, 0.3) is 0 Å². The van der Waals surface area contributed by atoms with Gasteiger partial charge in [0, 0.05) is 5.69 Å². The maximum Gasteiger partial charge on any atom is 0.0522 e. The predicted octanol–water partition coefficient (Wildman–Crippen LogP) is 2.01. The van der Waals surface area contributed by atoms with Crippen LogP contribution in [0.4, 0.5) is 0 Å². The van der Waals surface area contributed by atoms with Crippen molar-refractivity contribution < 1.29 is 0 Å². The lowest BCUT2D eigenvalue weighted by atomic mass is 10.1. The third-order valence-corrected chi connectivity index (χ3v) is 2.43. The summed E-state index contributed by atoms with van der Waals surface area (Å²) in [6.07, 6.45) is 6.47. The van der Waals surface area contributed by atoms with E-state index in [4.69, 9.17) is 0 Å². The number of aryl methyl sites for hydroxylation is 2. The van der Waals surface area contributed by atoms with Crippen LogP contribution in [0.1, 0.15) is 17.7 Å². The second-order valence-electron chi connectivity index (χ2n) is 2.62. The maximum absolute atomic E-state index is 3.97. The van der Waals surface area contributed by atoms with Gasteiger partial charge in [0.15, 0.2) is 0 Å². The average molecular weight is 170 g/mol. The molecule has 1 rings (SSSR count). The van der Waals surface area contributed by atoms with Gasteiger partial charge < -0.3 is 0 Å². The molecule has 62 valence electrons. The fraction of sp³-hybridized carbons (Fsp3) is 0.625. The van der Waals surface area contributed by atoms with Crippen LogP contribution in [0, 0.1) is 6.92 Å². The van der Waals surface area contributed by atoms with Gasteiger partial charge in [-0.3, -0.25) is 5.10 Å². The molecule has 1 aromatic heterocycles. The van der Waals surface area contributed by atoms with E-state index in [2.05, 4.69) is 23.4 Å². The average Bonchev–Trinajstić information content (AvgIpc) is 2.37. The Labute approximate surface area is 71.8 Å². The lowest BCUT2D eigenvalue weighted by Gasteiger charge is -1.96. The smallest absolute Gasteiger partial charge is 0.0522 e. The molecule has 1 heterocycles. The van der Waals surface area contributed by atoms with Crippen molar-refractivity contribution in [3.8, 4) is 0 Å². The molecule has 0 atom stereocenters. The molecule has 1 aromatic rings. The molecular weight excluding hydrogens is 156 g/mol. The van der Waals surface area contributed by atoms with E-state index in [1.807, 2.05) is 18.0 Å². The van der Waals surface area contributed by atoms with E-state index in [1.54, 1.807) is 0 Å². The minimum absolute atomic E-state index is 1.16. The molecule has 0 amide bonds. The summed E-state index contributed by atoms with van der Waals surface area (Å²) in [6.45, 7) is 2.07. The number of thioether (sulfide) groups is 1. The van der Waals surface area contributed by atoms with Crippen molar-refractivity contribution >= 4 is 11.8 Å². The highest BCUT2D eigenvalue weighted by Gasteiger charge is 1.98. The number of hydrogen-bond donors (Lipinski definition) is 1. The van der Waals surface area contributed by atoms with Crippen LogP contribution in [0.15, 0.2) is 6.20 Å². The van der Waals surface area contributed by atoms with Gasteiger partial charge in [0.2, 0.25) is 0 Å². The molecule has 0 aliphatic rings. The summed E-state index contributed by atoms with van der Waals surface area (Å²) in [5.41, 5.74) is 2.57. The Bertz CT molecular complexity index is 208. The monoisotopic (exact) mass is 170 g/mol. The van der Waals surface area contributed by atoms with Gasteiger partial charge in [-0.25, -0.2) is 0 Å². The molecular formula is C8H14N2S. The van der Waals surface area contributed by atoms with Crippen molar-refractivity contribution in [1.29, 1.82) is 0 Å². The van der Waals surface area contributed by atoms with E-state index in [-0.39, 0.29) is 0 Å². The zero-order valence-corrected chi connectivity index (χ0v) is 7.87. The van der Waals surface area contributed by atoms with Crippen molar-refractivity contribution in [3.05, 3.63) is 17.5 Å². The standard InChI is InChI=1S/C8H14N2S/c1-7-8(6-9-10-7)4-3-5-11-2/h6H,3-5H2,1-2H3,(H,9,10). The van der Waals surface area contributed by atoms with E-state index in [9.17, 15) is 0 Å². The van der Waals surface area contributed by atoms with Gasteiger partial charge in [-0.2, -0.15) is 16.9 Å². The predicted molar refractivity (Wildman–Crippen MR) is 50.0 cm³/mol. The van der Waals surface area contributed by atoms with Crippen LogP contribution < -0.4 is 0 Å². The molecule has 0 aromatic carbocycles. The molecule has 0 saturated carbocycles. The van der Waals surface area contributed by atoms with E-state index < -0.39 is 0 Å². The van der Waals surface area contributed by atoms with Crippen molar-refractivity contribution in [1.82, 2.24) is 10.2 Å². The summed E-state index contributed by atoms with van der Waals surface area (Å²) in [5.74, 6) is 1.24. The summed E-state index contributed by atoms with van der Waals surface area (Å²) < 4.78 is 0. The molecule has 3 heteroatoms. The fourth-order valence-corrected chi connectivity index (χ4v) is 1.47. The van der Waals surface area contributed by atoms with Crippen LogP contribution in [-0.4, -0.2) is 22.2 Å². The first-order valence-electron chi connectivity index (χ1n) is 3.82. The van der Waals surface area contributed by atoms with Crippen LogP contribution in [-0.2, 0) is 6.42 Å². The third kappa shape index (κ3) is 2.58. The lowest BCUT2D eigenvalue weighted by Crippen LogP contribution is -1.87. The highest BCUT2D eigenvalue weighted by atomic mass is 32.2. The van der Waals surface area contributed by atoms with Gasteiger partial charge in [0.05, 0.1) is 6.20 Å². The Morgan fingerprint density at radius 3 is 3.00 bits per heavy atom. The van der Waals surface area contributed by atoms with Crippen LogP contribution in [0.3, 0.4) is 0 Å². The maximum atomic E-state index is 3.97. The van der Waals surface area contributed by atoms with Crippen LogP contribution >= 0.6 is 11.8 Å². The van der Waals surface area contributed by atoms with Crippen molar-refractivity contribution in [2.45, 2.75) is 19.8 Å². The van der Waals surface area contributed by atoms with E-state index in [1.165, 1.54) is 23.4 Å². The van der Waals surface area contributed by atoms with E-state index in [0.717, 1.165) is 6.42 Å². The summed E-state index contributed by atoms with van der Waals surface area (Å²) in [6, 6.07) is 0. The molecule has 0 aliphatic heterocycles. The summed E-state index contributed by atoms with van der Waals surface area (Å²) in [4.78, 5) is 0. The largest absolute Gasteiger partial charge is 0.283 e. The second-order valence-corrected chi connectivity index (χ2v) is 3.60. The first-order chi connectivity index (χ1) is 5.34. The van der Waals surface area contributed by atoms with Crippen molar-refractivity contribution in [2.75, 3.05) is 12.0 Å². The first-order valence-corrected chi connectivity index (χ1v) is 5.21. The van der Waals surface area contributed by atoms with Gasteiger partial charge >= 0.3 is 0 Å². The van der Waals surface area contributed by atoms with Crippen LogP contribution in [0.5, 0.6) is 0 Å². The molecule has 0 bridgehead atoms. The molecule has 11 heavy (non-hydrogen) atoms. The van der Waals surface area contributed by atoms with Gasteiger partial charge in [-0.05, 0) is 37.3 Å². The molecule has 0 saturated heterocycles. The first kappa shape index (κ1) is 8.65. The van der Waals surface area contributed by atoms with Gasteiger partial charge in [0.1, 0.15) is 0 Å². The molecule has 1 N–H and O–H groups in total. The van der Waals surface area contributed by atoms with Crippen LogP contribution in [0.25, 0.3) is 0 Å². The second kappa shape index (κ2) is 4.44. The summed E-state index contributed by atoms with van der Waals surface area (Å²) >= 11 is 1.90. The van der Waals surface area contributed by atoms with Gasteiger partial charge in [-0.1, -0.05) is 0 Å². The number of nitrogens with zero attached hydrogens (tertiary/aromatic N) is 1. The molecule has 2 nitrogen and oxygen atoms in total. The molecule has 0 unspecified atom stereocenters. The van der Waals surface area contributed by atoms with Crippen molar-refractivity contribution in [2.24, 2.45) is 0 Å². The Balaban J connectivity index is 2.32. The highest BCUT2D eigenvalue weighted by Crippen LogP contribution is 2.07. The Morgan fingerprint density at radius 1 is 1.64 bits per heavy atom. The summed E-state index contributed by atoms with van der Waals surface area (Å²) in [7, 11) is 0. The quantitative estimate of drug-likeness (QED) is 0.700. The normalized spacial score (nSPS) is 10.4. The van der Waals surface area contributed by atoms with Crippen LogP contribution in [0.2, 0.25) is 0 Å².